The van der Waals surface area contributed by atoms with Crippen molar-refractivity contribution in [2.24, 2.45) is 5.73 Å². The van der Waals surface area contributed by atoms with E-state index in [-0.39, 0.29) is 23.2 Å². The number of nitrogens with two attached hydrogens (primary N) is 1. The minimum absolute atomic E-state index is 0. The van der Waals surface area contributed by atoms with Gasteiger partial charge in [0.25, 0.3) is 0 Å². The van der Waals surface area contributed by atoms with Crippen LogP contribution in [0.3, 0.4) is 0 Å². The lowest BCUT2D eigenvalue weighted by Crippen LogP contribution is -2.22. The van der Waals surface area contributed by atoms with Gasteiger partial charge < -0.3 is 10.5 Å². The van der Waals surface area contributed by atoms with Crippen LogP contribution in [0.5, 0.6) is 0 Å². The fraction of sp³-hybridized carbons (Fsp3) is 1.00. The maximum Gasteiger partial charge on any atom is 0.105 e. The van der Waals surface area contributed by atoms with Crippen LogP contribution >= 0.6 is 17.0 Å². The van der Waals surface area contributed by atoms with Crippen molar-refractivity contribution >= 4 is 17.0 Å². The zero-order valence-corrected chi connectivity index (χ0v) is 14.2. The van der Waals surface area contributed by atoms with Crippen LogP contribution in [0.2, 0.25) is 0 Å². The molecule has 0 rings (SSSR count). The van der Waals surface area contributed by atoms with Crippen LogP contribution in [0.15, 0.2) is 0 Å². The Morgan fingerprint density at radius 2 is 1.22 bits per heavy atom. The van der Waals surface area contributed by atoms with Crippen LogP contribution in [0.4, 0.5) is 0 Å². The average Bonchev–Trinajstić information content (AvgIpc) is 2.35. The predicted molar refractivity (Wildman–Crippen MR) is 86.4 cm³/mol. The first-order chi connectivity index (χ1) is 8.31. The minimum atomic E-state index is -0.0476. The van der Waals surface area contributed by atoms with Crippen LogP contribution in [0.1, 0.15) is 84.5 Å². The molecular formula is C15H34BrNO. The fourth-order valence-corrected chi connectivity index (χ4v) is 1.94. The molecule has 2 nitrogen and oxygen atoms in total. The first kappa shape index (κ1) is 20.7. The molecule has 0 aliphatic rings. The summed E-state index contributed by atoms with van der Waals surface area (Å²) in [5.74, 6) is 0. The third-order valence-electron chi connectivity index (χ3n) is 3.23. The summed E-state index contributed by atoms with van der Waals surface area (Å²) in [6.45, 7) is 5.17. The number of hydrogen-bond acceptors (Lipinski definition) is 2. The van der Waals surface area contributed by atoms with E-state index >= 15 is 0 Å². The highest BCUT2D eigenvalue weighted by Gasteiger charge is 1.97. The second-order valence-corrected chi connectivity index (χ2v) is 5.00. The molecule has 0 spiro atoms. The second-order valence-electron chi connectivity index (χ2n) is 5.00. The van der Waals surface area contributed by atoms with Crippen molar-refractivity contribution in [3.05, 3.63) is 0 Å². The van der Waals surface area contributed by atoms with Gasteiger partial charge in [0.15, 0.2) is 0 Å². The van der Waals surface area contributed by atoms with E-state index in [2.05, 4.69) is 13.8 Å². The van der Waals surface area contributed by atoms with E-state index in [0.29, 0.717) is 0 Å². The zero-order valence-electron chi connectivity index (χ0n) is 12.5. The molecule has 2 N–H and O–H groups in total. The van der Waals surface area contributed by atoms with E-state index in [1.165, 1.54) is 64.2 Å². The van der Waals surface area contributed by atoms with Crippen molar-refractivity contribution in [3.8, 4) is 0 Å². The van der Waals surface area contributed by atoms with E-state index < -0.39 is 0 Å². The van der Waals surface area contributed by atoms with Crippen LogP contribution < -0.4 is 5.73 Å². The molecule has 0 aliphatic heterocycles. The summed E-state index contributed by atoms with van der Waals surface area (Å²) in [5, 5.41) is 0. The molecule has 0 aromatic carbocycles. The monoisotopic (exact) mass is 323 g/mol. The normalized spacial score (nSPS) is 12.2. The molecule has 0 aromatic rings. The predicted octanol–water partition coefficient (Wildman–Crippen LogP) is 5.20. The van der Waals surface area contributed by atoms with Gasteiger partial charge in [-0.3, -0.25) is 0 Å². The molecule has 0 radical (unpaired) electrons. The van der Waals surface area contributed by atoms with Gasteiger partial charge in [0.05, 0.1) is 0 Å². The van der Waals surface area contributed by atoms with E-state index in [4.69, 9.17) is 10.5 Å². The highest BCUT2D eigenvalue weighted by atomic mass is 79.9. The average molecular weight is 324 g/mol. The molecule has 0 saturated carbocycles. The molecule has 112 valence electrons. The first-order valence-corrected chi connectivity index (χ1v) is 7.68. The smallest absolute Gasteiger partial charge is 0.105 e. The topological polar surface area (TPSA) is 35.2 Å². The summed E-state index contributed by atoms with van der Waals surface area (Å²) >= 11 is 0. The fourth-order valence-electron chi connectivity index (χ4n) is 1.94. The van der Waals surface area contributed by atoms with Crippen LogP contribution in [-0.4, -0.2) is 12.8 Å². The molecule has 3 heteroatoms. The van der Waals surface area contributed by atoms with Crippen molar-refractivity contribution in [1.29, 1.82) is 0 Å². The maximum absolute atomic E-state index is 5.67. The summed E-state index contributed by atoms with van der Waals surface area (Å²) in [7, 11) is 0. The number of unbranched alkanes of at least 4 members (excludes halogenated alkanes) is 9. The van der Waals surface area contributed by atoms with Gasteiger partial charge in [-0.1, -0.05) is 71.6 Å². The van der Waals surface area contributed by atoms with Crippen molar-refractivity contribution in [3.63, 3.8) is 0 Å². The summed E-state index contributed by atoms with van der Waals surface area (Å²) in [4.78, 5) is 0. The number of hydrogen-bond donors (Lipinski definition) is 1. The number of ether oxygens (including phenoxy) is 1. The lowest BCUT2D eigenvalue weighted by molar-refractivity contribution is 0.0526. The Hall–Kier alpha value is 0.400. The lowest BCUT2D eigenvalue weighted by Gasteiger charge is -2.09. The SMILES string of the molecule is Br.CCCCCCCCCCCCOC(N)CC. The quantitative estimate of drug-likeness (QED) is 0.373. The van der Waals surface area contributed by atoms with E-state index in [9.17, 15) is 0 Å². The van der Waals surface area contributed by atoms with Crippen molar-refractivity contribution in [1.82, 2.24) is 0 Å². The molecule has 0 aliphatic carbocycles. The molecular weight excluding hydrogens is 290 g/mol. The highest BCUT2D eigenvalue weighted by Crippen LogP contribution is 2.10. The summed E-state index contributed by atoms with van der Waals surface area (Å²) < 4.78 is 5.44. The third kappa shape index (κ3) is 16.4. The first-order valence-electron chi connectivity index (χ1n) is 7.68. The second kappa shape index (κ2) is 17.4. The maximum atomic E-state index is 5.67. The van der Waals surface area contributed by atoms with E-state index in [1.807, 2.05) is 0 Å². The summed E-state index contributed by atoms with van der Waals surface area (Å²) in [5.41, 5.74) is 5.67. The Morgan fingerprint density at radius 1 is 0.778 bits per heavy atom. The van der Waals surface area contributed by atoms with Crippen molar-refractivity contribution in [2.45, 2.75) is 90.7 Å². The standard InChI is InChI=1S/C15H33NO.BrH/c1-3-5-6-7-8-9-10-11-12-13-14-17-15(16)4-2;/h15H,3-14,16H2,1-2H3;1H. The Kier molecular flexibility index (Phi) is 20.0. The van der Waals surface area contributed by atoms with Crippen molar-refractivity contribution < 1.29 is 4.74 Å². The van der Waals surface area contributed by atoms with Gasteiger partial charge in [-0.15, -0.1) is 17.0 Å². The Labute approximate surface area is 125 Å². The van der Waals surface area contributed by atoms with Crippen LogP contribution in [0.25, 0.3) is 0 Å². The van der Waals surface area contributed by atoms with Gasteiger partial charge in [-0.25, -0.2) is 0 Å². The zero-order chi connectivity index (χ0) is 12.8. The summed E-state index contributed by atoms with van der Waals surface area (Å²) in [6, 6.07) is 0. The van der Waals surface area contributed by atoms with Crippen LogP contribution in [0, 0.1) is 0 Å². The number of rotatable bonds is 13. The Bertz CT molecular complexity index is 144. The molecule has 0 heterocycles. The molecule has 1 unspecified atom stereocenters. The molecule has 0 aromatic heterocycles. The molecule has 0 amide bonds. The molecule has 0 fully saturated rings. The van der Waals surface area contributed by atoms with Gasteiger partial charge in [0.2, 0.25) is 0 Å². The Balaban J connectivity index is 0. The van der Waals surface area contributed by atoms with Gasteiger partial charge in [-0.2, -0.15) is 0 Å². The van der Waals surface area contributed by atoms with Gasteiger partial charge >= 0.3 is 0 Å². The largest absolute Gasteiger partial charge is 0.364 e. The van der Waals surface area contributed by atoms with Crippen LogP contribution in [-0.2, 0) is 4.74 Å². The molecule has 0 saturated heterocycles. The molecule has 0 bridgehead atoms. The highest BCUT2D eigenvalue weighted by molar-refractivity contribution is 8.93. The van der Waals surface area contributed by atoms with Gasteiger partial charge in [0.1, 0.15) is 6.23 Å². The van der Waals surface area contributed by atoms with E-state index in [1.54, 1.807) is 0 Å². The molecule has 1 atom stereocenters. The number of halogens is 1. The summed E-state index contributed by atoms with van der Waals surface area (Å²) in [6.07, 6.45) is 14.6. The van der Waals surface area contributed by atoms with Crippen molar-refractivity contribution in [2.75, 3.05) is 6.61 Å². The minimum Gasteiger partial charge on any atom is -0.364 e. The van der Waals surface area contributed by atoms with Gasteiger partial charge in [0, 0.05) is 6.61 Å². The third-order valence-corrected chi connectivity index (χ3v) is 3.23. The van der Waals surface area contributed by atoms with Gasteiger partial charge in [-0.05, 0) is 12.8 Å². The van der Waals surface area contributed by atoms with E-state index in [0.717, 1.165) is 13.0 Å². The Morgan fingerprint density at radius 3 is 1.67 bits per heavy atom. The molecule has 18 heavy (non-hydrogen) atoms. The lowest BCUT2D eigenvalue weighted by atomic mass is 10.1.